The van der Waals surface area contributed by atoms with Crippen LogP contribution in [0.2, 0.25) is 0 Å². The van der Waals surface area contributed by atoms with Crippen LogP contribution in [-0.2, 0) is 7.05 Å². The van der Waals surface area contributed by atoms with Crippen molar-refractivity contribution in [2.75, 3.05) is 7.11 Å². The minimum Gasteiger partial charge on any atom is -0.497 e. The van der Waals surface area contributed by atoms with Gasteiger partial charge in [0.05, 0.1) is 12.8 Å². The Labute approximate surface area is 102 Å². The topological polar surface area (TPSA) is 27.1 Å². The quantitative estimate of drug-likeness (QED) is 0.793. The second-order valence-electron chi connectivity index (χ2n) is 4.41. The molecule has 0 bridgehead atoms. The maximum absolute atomic E-state index is 5.32. The summed E-state index contributed by atoms with van der Waals surface area (Å²) in [6, 6.07) is 6.26. The summed E-state index contributed by atoms with van der Waals surface area (Å²) in [5, 5.41) is 4.45. The fourth-order valence-corrected chi connectivity index (χ4v) is 2.20. The molecule has 2 aromatic rings. The van der Waals surface area contributed by atoms with Crippen molar-refractivity contribution in [1.82, 2.24) is 9.78 Å². The van der Waals surface area contributed by atoms with Crippen molar-refractivity contribution < 1.29 is 4.74 Å². The molecular weight excluding hydrogens is 212 g/mol. The Morgan fingerprint density at radius 2 is 1.82 bits per heavy atom. The molecule has 0 radical (unpaired) electrons. The molecule has 1 aromatic carbocycles. The highest BCUT2D eigenvalue weighted by Crippen LogP contribution is 2.30. The van der Waals surface area contributed by atoms with Crippen molar-refractivity contribution in [2.24, 2.45) is 7.05 Å². The maximum atomic E-state index is 5.32. The van der Waals surface area contributed by atoms with Gasteiger partial charge in [0, 0.05) is 18.3 Å². The number of methoxy groups -OCH3 is 1. The summed E-state index contributed by atoms with van der Waals surface area (Å²) >= 11 is 0. The van der Waals surface area contributed by atoms with Gasteiger partial charge in [-0.1, -0.05) is 6.07 Å². The first kappa shape index (κ1) is 11.7. The van der Waals surface area contributed by atoms with Crippen LogP contribution in [-0.4, -0.2) is 16.9 Å². The predicted molar refractivity (Wildman–Crippen MR) is 69.4 cm³/mol. The molecule has 3 nitrogen and oxygen atoms in total. The summed E-state index contributed by atoms with van der Waals surface area (Å²) in [5.74, 6) is 0.891. The van der Waals surface area contributed by atoms with Crippen molar-refractivity contribution in [3.05, 3.63) is 35.2 Å². The zero-order chi connectivity index (χ0) is 12.6. The summed E-state index contributed by atoms with van der Waals surface area (Å²) in [6.07, 6.45) is 0. The molecule has 90 valence electrons. The summed E-state index contributed by atoms with van der Waals surface area (Å²) in [5.41, 5.74) is 5.80. The van der Waals surface area contributed by atoms with Crippen molar-refractivity contribution >= 4 is 0 Å². The molecule has 0 fully saturated rings. The van der Waals surface area contributed by atoms with Gasteiger partial charge in [-0.05, 0) is 44.0 Å². The highest BCUT2D eigenvalue weighted by atomic mass is 16.5. The van der Waals surface area contributed by atoms with E-state index in [0.29, 0.717) is 0 Å². The van der Waals surface area contributed by atoms with Gasteiger partial charge >= 0.3 is 0 Å². The highest BCUT2D eigenvalue weighted by Gasteiger charge is 2.12. The van der Waals surface area contributed by atoms with Crippen molar-refractivity contribution in [3.63, 3.8) is 0 Å². The Balaban J connectivity index is 2.63. The zero-order valence-corrected chi connectivity index (χ0v) is 11.0. The number of rotatable bonds is 2. The molecule has 0 aliphatic carbocycles. The minimum absolute atomic E-state index is 0.891. The lowest BCUT2D eigenvalue weighted by Crippen LogP contribution is -1.93. The molecule has 3 heteroatoms. The predicted octanol–water partition coefficient (Wildman–Crippen LogP) is 3.02. The SMILES string of the molecule is COc1cc(C)cc(-c2c(C)nn(C)c2C)c1. The number of benzene rings is 1. The number of ether oxygens (including phenoxy) is 1. The first-order chi connectivity index (χ1) is 8.02. The van der Waals surface area contributed by atoms with Gasteiger partial charge < -0.3 is 4.74 Å². The van der Waals surface area contributed by atoms with Gasteiger partial charge in [-0.2, -0.15) is 5.10 Å². The van der Waals surface area contributed by atoms with E-state index in [2.05, 4.69) is 31.1 Å². The average Bonchev–Trinajstić information content (AvgIpc) is 2.52. The third kappa shape index (κ3) is 2.05. The minimum atomic E-state index is 0.891. The lowest BCUT2D eigenvalue weighted by Gasteiger charge is -2.07. The van der Waals surface area contributed by atoms with Crippen molar-refractivity contribution in [1.29, 1.82) is 0 Å². The standard InChI is InChI=1S/C14H18N2O/c1-9-6-12(8-13(7-9)17-5)14-10(2)15-16(4)11(14)3/h6-8H,1-5H3. The second-order valence-corrected chi connectivity index (χ2v) is 4.41. The number of hydrogen-bond acceptors (Lipinski definition) is 2. The fraction of sp³-hybridized carbons (Fsp3) is 0.357. The molecule has 0 aliphatic heterocycles. The lowest BCUT2D eigenvalue weighted by atomic mass is 10.0. The average molecular weight is 230 g/mol. The Morgan fingerprint density at radius 1 is 1.12 bits per heavy atom. The van der Waals surface area contributed by atoms with Gasteiger partial charge in [-0.3, -0.25) is 4.68 Å². The molecule has 1 heterocycles. The van der Waals surface area contributed by atoms with Crippen LogP contribution >= 0.6 is 0 Å². The van der Waals surface area contributed by atoms with Crippen molar-refractivity contribution in [2.45, 2.75) is 20.8 Å². The maximum Gasteiger partial charge on any atom is 0.119 e. The van der Waals surface area contributed by atoms with E-state index < -0.39 is 0 Å². The molecule has 0 saturated heterocycles. The van der Waals surface area contributed by atoms with E-state index in [1.165, 1.54) is 22.4 Å². The molecule has 0 N–H and O–H groups in total. The molecule has 2 rings (SSSR count). The third-order valence-electron chi connectivity index (χ3n) is 3.08. The van der Waals surface area contributed by atoms with Crippen LogP contribution < -0.4 is 4.74 Å². The van der Waals surface area contributed by atoms with Crippen LogP contribution in [0.5, 0.6) is 5.75 Å². The van der Waals surface area contributed by atoms with Crippen LogP contribution in [0.15, 0.2) is 18.2 Å². The lowest BCUT2D eigenvalue weighted by molar-refractivity contribution is 0.414. The van der Waals surface area contributed by atoms with Gasteiger partial charge in [0.25, 0.3) is 0 Å². The van der Waals surface area contributed by atoms with Gasteiger partial charge in [-0.25, -0.2) is 0 Å². The molecular formula is C14H18N2O. The monoisotopic (exact) mass is 230 g/mol. The van der Waals surface area contributed by atoms with Gasteiger partial charge in [0.2, 0.25) is 0 Å². The van der Waals surface area contributed by atoms with Gasteiger partial charge in [0.15, 0.2) is 0 Å². The van der Waals surface area contributed by atoms with Gasteiger partial charge in [-0.15, -0.1) is 0 Å². The van der Waals surface area contributed by atoms with E-state index >= 15 is 0 Å². The fourth-order valence-electron chi connectivity index (χ4n) is 2.20. The third-order valence-corrected chi connectivity index (χ3v) is 3.08. The van der Waals surface area contributed by atoms with E-state index in [-0.39, 0.29) is 0 Å². The second kappa shape index (κ2) is 4.24. The number of hydrogen-bond donors (Lipinski definition) is 0. The number of aryl methyl sites for hydroxylation is 3. The molecule has 0 atom stereocenters. The van der Waals surface area contributed by atoms with E-state index in [1.807, 2.05) is 24.7 Å². The normalized spacial score (nSPS) is 10.6. The first-order valence-electron chi connectivity index (χ1n) is 5.69. The van der Waals surface area contributed by atoms with E-state index in [4.69, 9.17) is 4.74 Å². The Morgan fingerprint density at radius 3 is 2.35 bits per heavy atom. The Kier molecular flexibility index (Phi) is 2.92. The van der Waals surface area contributed by atoms with Crippen LogP contribution in [0.1, 0.15) is 17.0 Å². The number of nitrogens with zero attached hydrogens (tertiary/aromatic N) is 2. The summed E-state index contributed by atoms with van der Waals surface area (Å²) in [4.78, 5) is 0. The molecule has 17 heavy (non-hydrogen) atoms. The smallest absolute Gasteiger partial charge is 0.119 e. The van der Waals surface area contributed by atoms with Crippen LogP contribution in [0.25, 0.3) is 11.1 Å². The van der Waals surface area contributed by atoms with Crippen LogP contribution in [0.4, 0.5) is 0 Å². The summed E-state index contributed by atoms with van der Waals surface area (Å²) in [7, 11) is 3.67. The van der Waals surface area contributed by atoms with Crippen LogP contribution in [0.3, 0.4) is 0 Å². The first-order valence-corrected chi connectivity index (χ1v) is 5.69. The van der Waals surface area contributed by atoms with E-state index in [0.717, 1.165) is 11.4 Å². The Bertz CT molecular complexity index is 556. The molecule has 0 unspecified atom stereocenters. The molecule has 0 amide bonds. The number of aromatic nitrogens is 2. The van der Waals surface area contributed by atoms with Gasteiger partial charge in [0.1, 0.15) is 5.75 Å². The van der Waals surface area contributed by atoms with Crippen molar-refractivity contribution in [3.8, 4) is 16.9 Å². The zero-order valence-electron chi connectivity index (χ0n) is 11.0. The molecule has 0 spiro atoms. The van der Waals surface area contributed by atoms with E-state index in [1.54, 1.807) is 7.11 Å². The molecule has 0 aliphatic rings. The molecule has 1 aromatic heterocycles. The van der Waals surface area contributed by atoms with E-state index in [9.17, 15) is 0 Å². The Hall–Kier alpha value is -1.77. The summed E-state index contributed by atoms with van der Waals surface area (Å²) in [6.45, 7) is 6.20. The van der Waals surface area contributed by atoms with Crippen LogP contribution in [0, 0.1) is 20.8 Å². The largest absolute Gasteiger partial charge is 0.497 e. The summed E-state index contributed by atoms with van der Waals surface area (Å²) < 4.78 is 7.23. The highest BCUT2D eigenvalue weighted by molar-refractivity contribution is 5.70. The molecule has 0 saturated carbocycles.